The van der Waals surface area contributed by atoms with E-state index in [9.17, 15) is 4.79 Å². The maximum absolute atomic E-state index is 11.3. The first-order valence-corrected chi connectivity index (χ1v) is 4.57. The van der Waals surface area contributed by atoms with Gasteiger partial charge < -0.3 is 10.2 Å². The van der Waals surface area contributed by atoms with E-state index in [4.69, 9.17) is 0 Å². The Balaban J connectivity index is 2.18. The minimum atomic E-state index is 0.240. The van der Waals surface area contributed by atoms with Crippen molar-refractivity contribution in [2.75, 3.05) is 27.2 Å². The van der Waals surface area contributed by atoms with E-state index in [0.717, 1.165) is 19.5 Å². The zero-order valence-electron chi connectivity index (χ0n) is 8.13. The molecule has 0 aromatic carbocycles. The van der Waals surface area contributed by atoms with Gasteiger partial charge in [0.15, 0.2) is 0 Å². The predicted octanol–water partition coefficient (Wildman–Crippen LogP) is 0.320. The van der Waals surface area contributed by atoms with Gasteiger partial charge in [-0.3, -0.25) is 4.79 Å². The zero-order chi connectivity index (χ0) is 9.14. The lowest BCUT2D eigenvalue weighted by molar-refractivity contribution is -0.122. The third kappa shape index (κ3) is 2.48. The summed E-state index contributed by atoms with van der Waals surface area (Å²) in [7, 11) is 4.10. The van der Waals surface area contributed by atoms with Gasteiger partial charge >= 0.3 is 0 Å². The number of hydrogen-bond donors (Lipinski definition) is 1. The van der Waals surface area contributed by atoms with Crippen LogP contribution in [0, 0.1) is 11.8 Å². The van der Waals surface area contributed by atoms with Crippen LogP contribution >= 0.6 is 0 Å². The number of nitrogens with one attached hydrogen (secondary N) is 1. The normalized spacial score (nSPS) is 27.3. The molecule has 3 heteroatoms. The molecule has 2 atom stereocenters. The monoisotopic (exact) mass is 170 g/mol. The molecule has 0 spiro atoms. The van der Waals surface area contributed by atoms with Crippen molar-refractivity contribution in [2.24, 2.45) is 11.8 Å². The second-order valence-corrected chi connectivity index (χ2v) is 3.76. The van der Waals surface area contributed by atoms with E-state index in [1.807, 2.05) is 21.0 Å². The average Bonchev–Trinajstić information content (AvgIpc) is 2.67. The quantitative estimate of drug-likeness (QED) is 0.659. The van der Waals surface area contributed by atoms with E-state index in [2.05, 4.69) is 10.2 Å². The van der Waals surface area contributed by atoms with Gasteiger partial charge in [0.1, 0.15) is 0 Å². The standard InChI is InChI=1S/C9H18N2O/c1-4-10-9(12)8-5-7(8)6-11(2)3/h7-8H,4-6H2,1-3H3,(H,10,12). The molecule has 1 aliphatic rings. The van der Waals surface area contributed by atoms with E-state index >= 15 is 0 Å². The minimum Gasteiger partial charge on any atom is -0.356 e. The highest BCUT2D eigenvalue weighted by atomic mass is 16.2. The van der Waals surface area contributed by atoms with Gasteiger partial charge in [-0.15, -0.1) is 0 Å². The summed E-state index contributed by atoms with van der Waals surface area (Å²) in [4.78, 5) is 13.4. The largest absolute Gasteiger partial charge is 0.356 e. The van der Waals surface area contributed by atoms with Crippen molar-refractivity contribution < 1.29 is 4.79 Å². The van der Waals surface area contributed by atoms with Gasteiger partial charge in [-0.05, 0) is 33.4 Å². The van der Waals surface area contributed by atoms with Gasteiger partial charge in [-0.2, -0.15) is 0 Å². The fourth-order valence-electron chi connectivity index (χ4n) is 1.54. The third-order valence-electron chi connectivity index (χ3n) is 2.21. The summed E-state index contributed by atoms with van der Waals surface area (Å²) in [5.41, 5.74) is 0. The highest BCUT2D eigenvalue weighted by Crippen LogP contribution is 2.38. The predicted molar refractivity (Wildman–Crippen MR) is 48.8 cm³/mol. The van der Waals surface area contributed by atoms with Crippen molar-refractivity contribution in [1.29, 1.82) is 0 Å². The summed E-state index contributed by atoms with van der Waals surface area (Å²) in [6.45, 7) is 3.76. The lowest BCUT2D eigenvalue weighted by atomic mass is 10.3. The van der Waals surface area contributed by atoms with Crippen LogP contribution in [0.4, 0.5) is 0 Å². The van der Waals surface area contributed by atoms with Crippen LogP contribution in [0.25, 0.3) is 0 Å². The van der Waals surface area contributed by atoms with Crippen LogP contribution in [0.5, 0.6) is 0 Å². The second kappa shape index (κ2) is 3.90. The lowest BCUT2D eigenvalue weighted by Crippen LogP contribution is -2.26. The van der Waals surface area contributed by atoms with Gasteiger partial charge in [-0.25, -0.2) is 0 Å². The molecule has 1 saturated carbocycles. The molecule has 2 unspecified atom stereocenters. The zero-order valence-corrected chi connectivity index (χ0v) is 8.13. The van der Waals surface area contributed by atoms with Crippen molar-refractivity contribution in [1.82, 2.24) is 10.2 Å². The maximum Gasteiger partial charge on any atom is 0.223 e. The maximum atomic E-state index is 11.3. The van der Waals surface area contributed by atoms with Gasteiger partial charge in [0.2, 0.25) is 5.91 Å². The Kier molecular flexibility index (Phi) is 3.09. The Bertz CT molecular complexity index is 168. The summed E-state index contributed by atoms with van der Waals surface area (Å²) in [5.74, 6) is 1.14. The summed E-state index contributed by atoms with van der Waals surface area (Å²) >= 11 is 0. The number of rotatable bonds is 4. The molecule has 70 valence electrons. The number of amides is 1. The number of hydrogen-bond acceptors (Lipinski definition) is 2. The third-order valence-corrected chi connectivity index (χ3v) is 2.21. The number of nitrogens with zero attached hydrogens (tertiary/aromatic N) is 1. The smallest absolute Gasteiger partial charge is 0.223 e. The first-order valence-electron chi connectivity index (χ1n) is 4.57. The summed E-state index contributed by atoms with van der Waals surface area (Å²) in [5, 5.41) is 2.85. The fraction of sp³-hybridized carbons (Fsp3) is 0.889. The second-order valence-electron chi connectivity index (χ2n) is 3.76. The fourth-order valence-corrected chi connectivity index (χ4v) is 1.54. The highest BCUT2D eigenvalue weighted by Gasteiger charge is 2.42. The van der Waals surface area contributed by atoms with Gasteiger partial charge in [0, 0.05) is 19.0 Å². The summed E-state index contributed by atoms with van der Waals surface area (Å²) < 4.78 is 0. The van der Waals surface area contributed by atoms with Crippen LogP contribution in [0.3, 0.4) is 0 Å². The Labute approximate surface area is 74.1 Å². The number of carbonyl (C=O) groups is 1. The Hall–Kier alpha value is -0.570. The topological polar surface area (TPSA) is 32.3 Å². The van der Waals surface area contributed by atoms with E-state index in [0.29, 0.717) is 11.8 Å². The van der Waals surface area contributed by atoms with Crippen molar-refractivity contribution in [3.63, 3.8) is 0 Å². The molecule has 0 bridgehead atoms. The summed E-state index contributed by atoms with van der Waals surface area (Å²) in [6, 6.07) is 0. The van der Waals surface area contributed by atoms with Crippen LogP contribution in [0.1, 0.15) is 13.3 Å². The minimum absolute atomic E-state index is 0.240. The van der Waals surface area contributed by atoms with E-state index in [1.54, 1.807) is 0 Å². The Morgan fingerprint density at radius 2 is 2.25 bits per heavy atom. The van der Waals surface area contributed by atoms with Crippen LogP contribution in [0.15, 0.2) is 0 Å². The first kappa shape index (κ1) is 9.52. The van der Waals surface area contributed by atoms with Crippen molar-refractivity contribution in [3.05, 3.63) is 0 Å². The first-order chi connectivity index (χ1) is 5.65. The van der Waals surface area contributed by atoms with Crippen LogP contribution in [-0.2, 0) is 4.79 Å². The highest BCUT2D eigenvalue weighted by molar-refractivity contribution is 5.81. The molecule has 12 heavy (non-hydrogen) atoms. The van der Waals surface area contributed by atoms with Crippen molar-refractivity contribution >= 4 is 5.91 Å². The average molecular weight is 170 g/mol. The Morgan fingerprint density at radius 3 is 2.75 bits per heavy atom. The molecule has 1 rings (SSSR count). The van der Waals surface area contributed by atoms with Crippen molar-refractivity contribution in [3.8, 4) is 0 Å². The van der Waals surface area contributed by atoms with E-state index in [1.165, 1.54) is 0 Å². The lowest BCUT2D eigenvalue weighted by Gasteiger charge is -2.08. The van der Waals surface area contributed by atoms with Crippen LogP contribution in [-0.4, -0.2) is 38.0 Å². The molecule has 0 aliphatic heterocycles. The molecule has 1 fully saturated rings. The summed E-state index contributed by atoms with van der Waals surface area (Å²) in [6.07, 6.45) is 1.07. The van der Waals surface area contributed by atoms with Crippen LogP contribution in [0.2, 0.25) is 0 Å². The molecular formula is C9H18N2O. The van der Waals surface area contributed by atoms with Gasteiger partial charge in [0.25, 0.3) is 0 Å². The Morgan fingerprint density at radius 1 is 1.58 bits per heavy atom. The molecule has 3 nitrogen and oxygen atoms in total. The van der Waals surface area contributed by atoms with Crippen LogP contribution < -0.4 is 5.32 Å². The molecule has 0 heterocycles. The van der Waals surface area contributed by atoms with E-state index < -0.39 is 0 Å². The molecule has 1 aliphatic carbocycles. The number of carbonyl (C=O) groups excluding carboxylic acids is 1. The molecule has 0 saturated heterocycles. The SMILES string of the molecule is CCNC(=O)C1CC1CN(C)C. The van der Waals surface area contributed by atoms with Gasteiger partial charge in [-0.1, -0.05) is 0 Å². The molecule has 0 aromatic heterocycles. The molecule has 1 amide bonds. The molecule has 1 N–H and O–H groups in total. The molecule has 0 aromatic rings. The van der Waals surface area contributed by atoms with Crippen molar-refractivity contribution in [2.45, 2.75) is 13.3 Å². The van der Waals surface area contributed by atoms with Gasteiger partial charge in [0.05, 0.1) is 0 Å². The molecule has 0 radical (unpaired) electrons. The van der Waals surface area contributed by atoms with E-state index in [-0.39, 0.29) is 5.91 Å². The molecular weight excluding hydrogens is 152 g/mol.